The molecule has 1 aliphatic carbocycles. The first-order valence-corrected chi connectivity index (χ1v) is 8.11. The van der Waals surface area contributed by atoms with Crippen molar-refractivity contribution >= 4 is 17.7 Å². The Hall–Kier alpha value is -0.220. The second-order valence-corrected chi connectivity index (χ2v) is 7.06. The summed E-state index contributed by atoms with van der Waals surface area (Å²) in [5.74, 6) is 0.722. The maximum Gasteiger partial charge on any atom is 0.229 e. The van der Waals surface area contributed by atoms with Crippen LogP contribution >= 0.6 is 11.8 Å². The molecule has 0 aromatic heterocycles. The molecule has 106 valence electrons. The fraction of sp³-hybridized carbons (Fsp3) is 0.929. The van der Waals surface area contributed by atoms with Crippen LogP contribution in [0.15, 0.2) is 0 Å². The molecule has 0 heterocycles. The van der Waals surface area contributed by atoms with E-state index in [1.807, 2.05) is 11.8 Å². The van der Waals surface area contributed by atoms with E-state index in [4.69, 9.17) is 0 Å². The Balaban J connectivity index is 2.58. The maximum absolute atomic E-state index is 11.4. The molecule has 0 aliphatic heterocycles. The Kier molecular flexibility index (Phi) is 6.50. The van der Waals surface area contributed by atoms with Crippen LogP contribution in [-0.2, 0) is 4.79 Å². The summed E-state index contributed by atoms with van der Waals surface area (Å²) in [6.45, 7) is 7.99. The number of nitrogens with one attached hydrogen (secondary N) is 2. The molecule has 3 nitrogen and oxygen atoms in total. The van der Waals surface area contributed by atoms with Gasteiger partial charge in [-0.15, -0.1) is 11.8 Å². The fourth-order valence-electron chi connectivity index (χ4n) is 2.73. The topological polar surface area (TPSA) is 41.1 Å². The summed E-state index contributed by atoms with van der Waals surface area (Å²) < 4.78 is 0. The van der Waals surface area contributed by atoms with Gasteiger partial charge in [-0.1, -0.05) is 27.2 Å². The summed E-state index contributed by atoms with van der Waals surface area (Å²) >= 11 is 1.82. The molecular weight excluding hydrogens is 244 g/mol. The predicted molar refractivity (Wildman–Crippen MR) is 80.0 cm³/mol. The van der Waals surface area contributed by atoms with Gasteiger partial charge in [0.15, 0.2) is 0 Å². The summed E-state index contributed by atoms with van der Waals surface area (Å²) in [5, 5.41) is 6.97. The van der Waals surface area contributed by atoms with Crippen LogP contribution in [0.2, 0.25) is 0 Å². The normalized spacial score (nSPS) is 26.9. The highest BCUT2D eigenvalue weighted by molar-refractivity contribution is 8.00. The number of carbonyl (C=O) groups excluding carboxylic acids is 1. The van der Waals surface area contributed by atoms with Crippen molar-refractivity contribution in [2.75, 3.05) is 19.3 Å². The van der Waals surface area contributed by atoms with Crippen molar-refractivity contribution in [3.05, 3.63) is 0 Å². The van der Waals surface area contributed by atoms with Crippen LogP contribution in [0.5, 0.6) is 0 Å². The molecule has 2 atom stereocenters. The third-order valence-electron chi connectivity index (χ3n) is 3.85. The molecule has 2 N–H and O–H groups in total. The van der Waals surface area contributed by atoms with E-state index in [0.717, 1.165) is 6.54 Å². The Labute approximate surface area is 116 Å². The van der Waals surface area contributed by atoms with Gasteiger partial charge < -0.3 is 10.6 Å². The largest absolute Gasteiger partial charge is 0.358 e. The molecule has 0 radical (unpaired) electrons. The van der Waals surface area contributed by atoms with Crippen molar-refractivity contribution in [1.29, 1.82) is 0 Å². The summed E-state index contributed by atoms with van der Waals surface area (Å²) in [6, 6.07) is 0.529. The molecular formula is C14H28N2OS. The zero-order valence-corrected chi connectivity index (χ0v) is 13.0. The molecule has 0 aromatic rings. The van der Waals surface area contributed by atoms with Gasteiger partial charge in [0.05, 0.1) is 5.75 Å². The minimum absolute atomic E-state index is 0.137. The second kappa shape index (κ2) is 7.39. The molecule has 1 rings (SSSR count). The van der Waals surface area contributed by atoms with Crippen molar-refractivity contribution in [2.24, 2.45) is 5.41 Å². The number of carbonyl (C=O) groups is 1. The van der Waals surface area contributed by atoms with Crippen LogP contribution in [0, 0.1) is 5.41 Å². The van der Waals surface area contributed by atoms with Crippen molar-refractivity contribution in [2.45, 2.75) is 57.7 Å². The number of thioether (sulfide) groups is 1. The summed E-state index contributed by atoms with van der Waals surface area (Å²) in [7, 11) is 1.71. The van der Waals surface area contributed by atoms with E-state index in [1.54, 1.807) is 7.05 Å². The van der Waals surface area contributed by atoms with Gasteiger partial charge in [0.2, 0.25) is 5.91 Å². The van der Waals surface area contributed by atoms with Crippen LogP contribution in [-0.4, -0.2) is 36.5 Å². The predicted octanol–water partition coefficient (Wildman–Crippen LogP) is 2.41. The minimum Gasteiger partial charge on any atom is -0.358 e. The smallest absolute Gasteiger partial charge is 0.229 e. The van der Waals surface area contributed by atoms with Gasteiger partial charge in [0.25, 0.3) is 0 Å². The summed E-state index contributed by atoms with van der Waals surface area (Å²) in [6.07, 6.45) is 4.96. The van der Waals surface area contributed by atoms with E-state index < -0.39 is 0 Å². The Bertz CT molecular complexity index is 269. The number of hydrogen-bond acceptors (Lipinski definition) is 3. The van der Waals surface area contributed by atoms with Crippen molar-refractivity contribution in [3.8, 4) is 0 Å². The zero-order chi connectivity index (χ0) is 13.6. The molecule has 1 amide bonds. The summed E-state index contributed by atoms with van der Waals surface area (Å²) in [5.41, 5.74) is 0.341. The van der Waals surface area contributed by atoms with E-state index in [9.17, 15) is 4.79 Å². The van der Waals surface area contributed by atoms with Gasteiger partial charge in [0, 0.05) is 18.3 Å². The monoisotopic (exact) mass is 272 g/mol. The van der Waals surface area contributed by atoms with E-state index >= 15 is 0 Å². The first-order chi connectivity index (χ1) is 8.51. The van der Waals surface area contributed by atoms with Crippen molar-refractivity contribution in [3.63, 3.8) is 0 Å². The van der Waals surface area contributed by atoms with Crippen LogP contribution in [0.4, 0.5) is 0 Å². The number of rotatable bonds is 6. The molecule has 0 spiro atoms. The third-order valence-corrected chi connectivity index (χ3v) is 5.21. The fourth-order valence-corrected chi connectivity index (χ4v) is 4.23. The maximum atomic E-state index is 11.4. The van der Waals surface area contributed by atoms with Crippen molar-refractivity contribution in [1.82, 2.24) is 10.6 Å². The Morgan fingerprint density at radius 3 is 2.78 bits per heavy atom. The van der Waals surface area contributed by atoms with Gasteiger partial charge >= 0.3 is 0 Å². The van der Waals surface area contributed by atoms with E-state index in [2.05, 4.69) is 31.4 Å². The molecule has 0 bridgehead atoms. The lowest BCUT2D eigenvalue weighted by Crippen LogP contribution is -2.51. The van der Waals surface area contributed by atoms with Crippen LogP contribution in [0.1, 0.15) is 46.5 Å². The SMILES string of the molecule is CCCNC1C(SCC(=O)NC)CCCC1(C)C. The van der Waals surface area contributed by atoms with Gasteiger partial charge in [0.1, 0.15) is 0 Å². The molecule has 1 saturated carbocycles. The first kappa shape index (κ1) is 15.8. The quantitative estimate of drug-likeness (QED) is 0.780. The van der Waals surface area contributed by atoms with Crippen LogP contribution in [0.3, 0.4) is 0 Å². The average Bonchev–Trinajstić information content (AvgIpc) is 2.34. The standard InChI is InChI=1S/C14H28N2OS/c1-5-9-16-13-11(18-10-12(17)15-4)7-6-8-14(13,2)3/h11,13,16H,5-10H2,1-4H3,(H,15,17). The van der Waals surface area contributed by atoms with Gasteiger partial charge in [-0.2, -0.15) is 0 Å². The second-order valence-electron chi connectivity index (χ2n) is 5.84. The Morgan fingerprint density at radius 2 is 2.17 bits per heavy atom. The number of amides is 1. The molecule has 0 aromatic carbocycles. The summed E-state index contributed by atoms with van der Waals surface area (Å²) in [4.78, 5) is 11.4. The molecule has 1 fully saturated rings. The van der Waals surface area contributed by atoms with Crippen LogP contribution < -0.4 is 10.6 Å². The van der Waals surface area contributed by atoms with E-state index in [-0.39, 0.29) is 5.91 Å². The highest BCUT2D eigenvalue weighted by Crippen LogP contribution is 2.40. The van der Waals surface area contributed by atoms with Crippen molar-refractivity contribution < 1.29 is 4.79 Å². The van der Waals surface area contributed by atoms with E-state index in [1.165, 1.54) is 25.7 Å². The van der Waals surface area contributed by atoms with Gasteiger partial charge in [-0.05, 0) is 31.2 Å². The van der Waals surface area contributed by atoms with E-state index in [0.29, 0.717) is 22.5 Å². The molecule has 1 aliphatic rings. The highest BCUT2D eigenvalue weighted by Gasteiger charge is 2.38. The first-order valence-electron chi connectivity index (χ1n) is 7.07. The zero-order valence-electron chi connectivity index (χ0n) is 12.2. The Morgan fingerprint density at radius 1 is 1.44 bits per heavy atom. The minimum atomic E-state index is 0.137. The van der Waals surface area contributed by atoms with Gasteiger partial charge in [-0.3, -0.25) is 4.79 Å². The molecule has 2 unspecified atom stereocenters. The lowest BCUT2D eigenvalue weighted by atomic mass is 9.73. The molecule has 0 saturated heterocycles. The third kappa shape index (κ3) is 4.47. The average molecular weight is 272 g/mol. The number of hydrogen-bond donors (Lipinski definition) is 2. The molecule has 4 heteroatoms. The van der Waals surface area contributed by atoms with Crippen LogP contribution in [0.25, 0.3) is 0 Å². The lowest BCUT2D eigenvalue weighted by Gasteiger charge is -2.44. The highest BCUT2D eigenvalue weighted by atomic mass is 32.2. The van der Waals surface area contributed by atoms with Gasteiger partial charge in [-0.25, -0.2) is 0 Å². The lowest BCUT2D eigenvalue weighted by molar-refractivity contribution is -0.118. The molecule has 18 heavy (non-hydrogen) atoms.